The van der Waals surface area contributed by atoms with Gasteiger partial charge in [0.05, 0.1) is 5.92 Å². The molecule has 0 aromatic rings. The quantitative estimate of drug-likeness (QED) is 0.797. The van der Waals surface area contributed by atoms with Gasteiger partial charge in [0.15, 0.2) is 0 Å². The minimum absolute atomic E-state index is 0.00764. The first-order valence-electron chi connectivity index (χ1n) is 5.19. The Morgan fingerprint density at radius 3 is 2.75 bits per heavy atom. The summed E-state index contributed by atoms with van der Waals surface area (Å²) in [5, 5.41) is 2.78. The zero-order valence-electron chi connectivity index (χ0n) is 9.22. The van der Waals surface area contributed by atoms with Gasteiger partial charge in [-0.3, -0.25) is 4.21 Å². The third-order valence-electron chi connectivity index (χ3n) is 2.63. The second-order valence-electron chi connectivity index (χ2n) is 4.02. The Balaban J connectivity index is 2.49. The second-order valence-corrected chi connectivity index (χ2v) is 5.58. The van der Waals surface area contributed by atoms with Gasteiger partial charge in [-0.15, -0.1) is 0 Å². The standard InChI is InChI=1S/C9H17F3N2OS/c1-16(15)5-4-14-3-2-13-6-8(7-14)9(10,11)12/h8,13H,2-7H2,1H3. The number of nitrogens with zero attached hydrogens (tertiary/aromatic N) is 1. The maximum absolute atomic E-state index is 12.6. The molecule has 3 nitrogen and oxygen atoms in total. The van der Waals surface area contributed by atoms with Gasteiger partial charge in [-0.05, 0) is 0 Å². The van der Waals surface area contributed by atoms with Crippen molar-refractivity contribution in [1.82, 2.24) is 10.2 Å². The van der Waals surface area contributed by atoms with Crippen LogP contribution in [0.5, 0.6) is 0 Å². The van der Waals surface area contributed by atoms with Crippen LogP contribution in [-0.2, 0) is 10.8 Å². The smallest absolute Gasteiger partial charge is 0.315 e. The summed E-state index contributed by atoms with van der Waals surface area (Å²) in [5.41, 5.74) is 0. The number of alkyl halides is 3. The Kier molecular flexibility index (Phi) is 5.20. The molecule has 0 spiro atoms. The van der Waals surface area contributed by atoms with Crippen LogP contribution in [-0.4, -0.2) is 60.0 Å². The highest BCUT2D eigenvalue weighted by atomic mass is 32.2. The summed E-state index contributed by atoms with van der Waals surface area (Å²) in [5.74, 6) is -0.884. The molecule has 96 valence electrons. The monoisotopic (exact) mass is 258 g/mol. The van der Waals surface area contributed by atoms with Crippen LogP contribution < -0.4 is 5.32 Å². The Labute approximate surface area is 95.8 Å². The summed E-state index contributed by atoms with van der Waals surface area (Å²) in [6, 6.07) is 0. The van der Waals surface area contributed by atoms with Crippen LogP contribution in [0, 0.1) is 5.92 Å². The maximum Gasteiger partial charge on any atom is 0.394 e. The molecule has 1 rings (SSSR count). The lowest BCUT2D eigenvalue weighted by atomic mass is 10.1. The van der Waals surface area contributed by atoms with Crippen molar-refractivity contribution >= 4 is 10.8 Å². The molecule has 2 atom stereocenters. The predicted octanol–water partition coefficient (Wildman–Crippen LogP) is 0.449. The number of hydrogen-bond acceptors (Lipinski definition) is 3. The first-order chi connectivity index (χ1) is 7.39. The molecule has 0 radical (unpaired) electrons. The van der Waals surface area contributed by atoms with Crippen LogP contribution in [0.2, 0.25) is 0 Å². The van der Waals surface area contributed by atoms with Crippen molar-refractivity contribution in [1.29, 1.82) is 0 Å². The number of rotatable bonds is 3. The molecule has 1 N–H and O–H groups in total. The number of hydrogen-bond donors (Lipinski definition) is 1. The summed E-state index contributed by atoms with van der Waals surface area (Å²) >= 11 is 0. The highest BCUT2D eigenvalue weighted by Crippen LogP contribution is 2.27. The van der Waals surface area contributed by atoms with Crippen LogP contribution in [0.25, 0.3) is 0 Å². The average Bonchev–Trinajstić information content (AvgIpc) is 2.38. The minimum atomic E-state index is -4.15. The normalized spacial score (nSPS) is 26.4. The summed E-state index contributed by atoms with van der Waals surface area (Å²) < 4.78 is 48.6. The number of nitrogens with one attached hydrogen (secondary N) is 1. The zero-order chi connectivity index (χ0) is 12.2. The fourth-order valence-corrected chi connectivity index (χ4v) is 2.18. The third-order valence-corrected chi connectivity index (χ3v) is 3.39. The Bertz CT molecular complexity index is 247. The van der Waals surface area contributed by atoms with Gasteiger partial charge in [0.25, 0.3) is 0 Å². The van der Waals surface area contributed by atoms with Gasteiger partial charge in [-0.1, -0.05) is 0 Å². The van der Waals surface area contributed by atoms with Crippen molar-refractivity contribution in [2.45, 2.75) is 6.18 Å². The predicted molar refractivity (Wildman–Crippen MR) is 57.8 cm³/mol. The van der Waals surface area contributed by atoms with E-state index in [1.54, 1.807) is 11.2 Å². The molecule has 1 fully saturated rings. The van der Waals surface area contributed by atoms with E-state index in [1.165, 1.54) is 0 Å². The van der Waals surface area contributed by atoms with Crippen molar-refractivity contribution in [3.8, 4) is 0 Å². The molecule has 1 aliphatic rings. The fraction of sp³-hybridized carbons (Fsp3) is 1.00. The van der Waals surface area contributed by atoms with E-state index >= 15 is 0 Å². The van der Waals surface area contributed by atoms with E-state index in [0.29, 0.717) is 25.4 Å². The molecular weight excluding hydrogens is 241 g/mol. The molecule has 1 heterocycles. The number of halogens is 3. The highest BCUT2D eigenvalue weighted by molar-refractivity contribution is 7.84. The maximum atomic E-state index is 12.6. The first-order valence-corrected chi connectivity index (χ1v) is 6.92. The Morgan fingerprint density at radius 1 is 1.50 bits per heavy atom. The van der Waals surface area contributed by atoms with Gasteiger partial charge in [0.2, 0.25) is 0 Å². The average molecular weight is 258 g/mol. The fourth-order valence-electron chi connectivity index (χ4n) is 1.66. The van der Waals surface area contributed by atoms with E-state index in [0.717, 1.165) is 0 Å². The molecule has 1 saturated heterocycles. The zero-order valence-corrected chi connectivity index (χ0v) is 10.0. The molecule has 0 amide bonds. The van der Waals surface area contributed by atoms with E-state index in [2.05, 4.69) is 5.32 Å². The molecule has 0 bridgehead atoms. The molecular formula is C9H17F3N2OS. The van der Waals surface area contributed by atoms with Crippen LogP contribution in [0.1, 0.15) is 0 Å². The van der Waals surface area contributed by atoms with Gasteiger partial charge in [-0.2, -0.15) is 13.2 Å². The highest BCUT2D eigenvalue weighted by Gasteiger charge is 2.40. The molecule has 2 unspecified atom stereocenters. The van der Waals surface area contributed by atoms with Crippen molar-refractivity contribution in [3.63, 3.8) is 0 Å². The Morgan fingerprint density at radius 2 is 2.19 bits per heavy atom. The van der Waals surface area contributed by atoms with E-state index < -0.39 is 22.9 Å². The van der Waals surface area contributed by atoms with Crippen molar-refractivity contribution < 1.29 is 17.4 Å². The van der Waals surface area contributed by atoms with E-state index in [-0.39, 0.29) is 13.1 Å². The molecule has 7 heteroatoms. The molecule has 1 aliphatic heterocycles. The van der Waals surface area contributed by atoms with E-state index in [4.69, 9.17) is 0 Å². The summed E-state index contributed by atoms with van der Waals surface area (Å²) in [6.07, 6.45) is -2.59. The molecule has 16 heavy (non-hydrogen) atoms. The molecule has 0 saturated carbocycles. The summed E-state index contributed by atoms with van der Waals surface area (Å²) in [7, 11) is -0.949. The molecule has 0 aromatic heterocycles. The van der Waals surface area contributed by atoms with Crippen LogP contribution in [0.4, 0.5) is 13.2 Å². The lowest BCUT2D eigenvalue weighted by molar-refractivity contribution is -0.175. The van der Waals surface area contributed by atoms with Gasteiger partial charge in [0.1, 0.15) is 0 Å². The third kappa shape index (κ3) is 4.80. The molecule has 0 aliphatic carbocycles. The topological polar surface area (TPSA) is 32.3 Å². The minimum Gasteiger partial charge on any atom is -0.315 e. The molecule has 0 aromatic carbocycles. The van der Waals surface area contributed by atoms with Crippen molar-refractivity contribution in [3.05, 3.63) is 0 Å². The first kappa shape index (κ1) is 13.9. The lowest BCUT2D eigenvalue weighted by Gasteiger charge is -2.24. The summed E-state index contributed by atoms with van der Waals surface area (Å²) in [6.45, 7) is 1.60. The van der Waals surface area contributed by atoms with Gasteiger partial charge < -0.3 is 10.2 Å². The van der Waals surface area contributed by atoms with Gasteiger partial charge >= 0.3 is 6.18 Å². The van der Waals surface area contributed by atoms with E-state index in [1.807, 2.05) is 0 Å². The second kappa shape index (κ2) is 5.97. The van der Waals surface area contributed by atoms with Crippen molar-refractivity contribution in [2.75, 3.05) is 44.7 Å². The van der Waals surface area contributed by atoms with Gasteiger partial charge in [-0.25, -0.2) is 0 Å². The Hall–Kier alpha value is -0.140. The van der Waals surface area contributed by atoms with Crippen LogP contribution in [0.15, 0.2) is 0 Å². The van der Waals surface area contributed by atoms with Crippen LogP contribution >= 0.6 is 0 Å². The van der Waals surface area contributed by atoms with Crippen LogP contribution in [0.3, 0.4) is 0 Å². The lowest BCUT2D eigenvalue weighted by Crippen LogP contribution is -2.39. The largest absolute Gasteiger partial charge is 0.394 e. The van der Waals surface area contributed by atoms with Gasteiger partial charge in [0, 0.05) is 55.5 Å². The van der Waals surface area contributed by atoms with Crippen molar-refractivity contribution in [2.24, 2.45) is 5.92 Å². The summed E-state index contributed by atoms with van der Waals surface area (Å²) in [4.78, 5) is 1.74. The SMILES string of the molecule is CS(=O)CCN1CCNCC(C(F)(F)F)C1. The van der Waals surface area contributed by atoms with E-state index in [9.17, 15) is 17.4 Å².